The molecule has 0 fully saturated rings. The minimum Gasteiger partial charge on any atom is -0.490 e. The van der Waals surface area contributed by atoms with Gasteiger partial charge in [0.05, 0.1) is 11.7 Å². The Morgan fingerprint density at radius 3 is 2.02 bits per heavy atom. The third-order valence-corrected chi connectivity index (χ3v) is 9.63. The van der Waals surface area contributed by atoms with E-state index >= 15 is 0 Å². The Morgan fingerprint density at radius 2 is 1.45 bits per heavy atom. The molecule has 0 saturated carbocycles. The van der Waals surface area contributed by atoms with Crippen LogP contribution in [-0.2, 0) is 20.4 Å². The van der Waals surface area contributed by atoms with Crippen molar-refractivity contribution in [2.24, 2.45) is 5.41 Å². The maximum atomic E-state index is 13.6. The summed E-state index contributed by atoms with van der Waals surface area (Å²) in [6.45, 7) is 21.1. The first-order valence-electron chi connectivity index (χ1n) is 17.0. The van der Waals surface area contributed by atoms with Crippen molar-refractivity contribution in [1.29, 1.82) is 0 Å². The van der Waals surface area contributed by atoms with E-state index in [1.807, 2.05) is 6.07 Å². The van der Waals surface area contributed by atoms with Crippen LogP contribution in [-0.4, -0.2) is 40.5 Å². The zero-order valence-corrected chi connectivity index (χ0v) is 31.4. The second-order valence-corrected chi connectivity index (χ2v) is 15.5. The molecule has 9 heteroatoms. The Balaban J connectivity index is 1.71. The van der Waals surface area contributed by atoms with Crippen LogP contribution in [0.2, 0.25) is 0 Å². The van der Waals surface area contributed by atoms with Gasteiger partial charge in [-0.3, -0.25) is 9.59 Å². The van der Waals surface area contributed by atoms with E-state index in [2.05, 4.69) is 77.3 Å². The van der Waals surface area contributed by atoms with Crippen LogP contribution in [0.5, 0.6) is 11.5 Å². The highest BCUT2D eigenvalue weighted by atomic mass is 35.5. The number of carboxylic acid groups (broad SMARTS) is 1. The average Bonchev–Trinajstić information content (AvgIpc) is 3.04. The topological polar surface area (TPSA) is 114 Å². The number of ketones is 1. The van der Waals surface area contributed by atoms with Crippen molar-refractivity contribution in [2.75, 3.05) is 17.2 Å². The number of ether oxygens (including phenoxy) is 2. The molecule has 8 nitrogen and oxygen atoms in total. The number of benzene rings is 3. The SMILES string of the molecule is CCC(C)(C)c1ccc(OC(C)CCNc2cccc(NC(=O)C(Cl)(Oc3ccc(C(=O)O)cc3)C(=O)C(C)(C)C)c2)c(C(C)(C)CC)c1. The molecular weight excluding hydrogens is 640 g/mol. The molecule has 0 bridgehead atoms. The summed E-state index contributed by atoms with van der Waals surface area (Å²) in [7, 11) is 0. The number of hydrogen-bond acceptors (Lipinski definition) is 6. The summed E-state index contributed by atoms with van der Waals surface area (Å²) in [5.41, 5.74) is 2.76. The van der Waals surface area contributed by atoms with E-state index in [0.29, 0.717) is 12.2 Å². The van der Waals surface area contributed by atoms with E-state index < -0.39 is 28.1 Å². The van der Waals surface area contributed by atoms with E-state index in [9.17, 15) is 19.5 Å². The number of Topliss-reactive ketones (excluding diaryl/α,β-unsaturated/α-hetero) is 1. The minimum atomic E-state index is -2.41. The number of hydrogen-bond donors (Lipinski definition) is 3. The highest BCUT2D eigenvalue weighted by Gasteiger charge is 2.51. The standard InChI is InChI=1S/C40H53ClN2O6/c1-11-38(7,8)28-18-21-33(32(24-28)39(9,10)12-2)48-26(3)22-23-42-29-14-13-15-30(25-29)43-36(47)40(41,35(46)37(4,5)6)49-31-19-16-27(17-20-31)34(44)45/h13-21,24-26,42H,11-12,22-23H2,1-10H3,(H,43,47)(H,44,45). The van der Waals surface area contributed by atoms with Crippen LogP contribution in [0.25, 0.3) is 0 Å². The van der Waals surface area contributed by atoms with Crippen LogP contribution in [0.1, 0.15) is 110 Å². The summed E-state index contributed by atoms with van der Waals surface area (Å²) >= 11 is 6.69. The van der Waals surface area contributed by atoms with E-state index in [1.54, 1.807) is 39.0 Å². The van der Waals surface area contributed by atoms with Crippen molar-refractivity contribution in [3.8, 4) is 11.5 Å². The number of rotatable bonds is 16. The first-order chi connectivity index (χ1) is 22.7. The summed E-state index contributed by atoms with van der Waals surface area (Å²) in [4.78, 5) is 38.3. The third-order valence-electron chi connectivity index (χ3n) is 9.21. The summed E-state index contributed by atoms with van der Waals surface area (Å²) in [6, 6.07) is 19.0. The quantitative estimate of drug-likeness (QED) is 0.101. The lowest BCUT2D eigenvalue weighted by atomic mass is 9.76. The summed E-state index contributed by atoms with van der Waals surface area (Å²) in [5, 5.41) is 12.9. The fourth-order valence-electron chi connectivity index (χ4n) is 5.10. The number of nitrogens with one attached hydrogen (secondary N) is 2. The molecule has 2 atom stereocenters. The van der Waals surface area contributed by atoms with Crippen LogP contribution in [0.15, 0.2) is 66.7 Å². The van der Waals surface area contributed by atoms with Crippen LogP contribution >= 0.6 is 11.6 Å². The number of aromatic carboxylic acids is 1. The molecule has 49 heavy (non-hydrogen) atoms. The van der Waals surface area contributed by atoms with Gasteiger partial charge in [-0.25, -0.2) is 4.79 Å². The molecule has 0 aliphatic heterocycles. The molecule has 0 aliphatic carbocycles. The van der Waals surface area contributed by atoms with E-state index in [0.717, 1.165) is 30.7 Å². The van der Waals surface area contributed by atoms with Gasteiger partial charge in [-0.05, 0) is 84.7 Å². The zero-order valence-electron chi connectivity index (χ0n) is 30.6. The molecule has 266 valence electrons. The summed E-state index contributed by atoms with van der Waals surface area (Å²) in [5.74, 6) is -1.65. The van der Waals surface area contributed by atoms with Crippen LogP contribution in [0.4, 0.5) is 11.4 Å². The average molecular weight is 693 g/mol. The number of carboxylic acids is 1. The monoisotopic (exact) mass is 692 g/mol. The van der Waals surface area contributed by atoms with E-state index in [-0.39, 0.29) is 28.2 Å². The van der Waals surface area contributed by atoms with Gasteiger partial charge in [0.25, 0.3) is 5.91 Å². The molecule has 0 spiro atoms. The number of halogens is 1. The van der Waals surface area contributed by atoms with Gasteiger partial charge in [-0.1, -0.05) is 92.1 Å². The molecule has 0 radical (unpaired) electrons. The number of carbonyl (C=O) groups excluding carboxylic acids is 2. The molecule has 0 aromatic heterocycles. The van der Waals surface area contributed by atoms with Crippen LogP contribution in [0, 0.1) is 5.41 Å². The molecule has 3 N–H and O–H groups in total. The van der Waals surface area contributed by atoms with Crippen molar-refractivity contribution >= 4 is 40.6 Å². The fourth-order valence-corrected chi connectivity index (χ4v) is 5.52. The molecule has 1 amide bonds. The summed E-state index contributed by atoms with van der Waals surface area (Å²) in [6.07, 6.45) is 2.70. The van der Waals surface area contributed by atoms with Crippen molar-refractivity contribution in [3.63, 3.8) is 0 Å². The number of alkyl halides is 1. The van der Waals surface area contributed by atoms with Crippen molar-refractivity contribution in [2.45, 2.75) is 110 Å². The normalized spacial score (nSPS) is 13.9. The maximum absolute atomic E-state index is 13.6. The molecule has 3 rings (SSSR count). The Morgan fingerprint density at radius 1 is 0.837 bits per heavy atom. The number of carbonyl (C=O) groups is 3. The van der Waals surface area contributed by atoms with Gasteiger partial charge in [0, 0.05) is 35.3 Å². The predicted octanol–water partition coefficient (Wildman–Crippen LogP) is 9.60. The van der Waals surface area contributed by atoms with Gasteiger partial charge in [-0.15, -0.1) is 0 Å². The first-order valence-corrected chi connectivity index (χ1v) is 17.3. The molecule has 3 aromatic rings. The Labute approximate surface area is 296 Å². The second-order valence-electron chi connectivity index (χ2n) is 15.0. The first kappa shape index (κ1) is 39.4. The van der Waals surface area contributed by atoms with Gasteiger partial charge in [0.2, 0.25) is 5.78 Å². The highest BCUT2D eigenvalue weighted by molar-refractivity contribution is 6.47. The molecule has 2 unspecified atom stereocenters. The minimum absolute atomic E-state index is 0.0276. The highest BCUT2D eigenvalue weighted by Crippen LogP contribution is 2.39. The zero-order chi connectivity index (χ0) is 36.8. The summed E-state index contributed by atoms with van der Waals surface area (Å²) < 4.78 is 12.3. The van der Waals surface area contributed by atoms with Crippen LogP contribution < -0.4 is 20.1 Å². The van der Waals surface area contributed by atoms with Gasteiger partial charge < -0.3 is 25.2 Å². The van der Waals surface area contributed by atoms with Crippen molar-refractivity contribution in [1.82, 2.24) is 0 Å². The Bertz CT molecular complexity index is 1630. The number of anilines is 2. The third kappa shape index (κ3) is 10.0. The van der Waals surface area contributed by atoms with Crippen molar-refractivity contribution < 1.29 is 29.0 Å². The van der Waals surface area contributed by atoms with E-state index in [4.69, 9.17) is 21.1 Å². The lowest BCUT2D eigenvalue weighted by Crippen LogP contribution is -2.54. The lowest BCUT2D eigenvalue weighted by molar-refractivity contribution is -0.144. The number of amides is 1. The molecular formula is C40H53ClN2O6. The largest absolute Gasteiger partial charge is 0.490 e. The van der Waals surface area contributed by atoms with Crippen LogP contribution in [0.3, 0.4) is 0 Å². The molecule has 0 saturated heterocycles. The Kier molecular flexibility index (Phi) is 12.6. The lowest BCUT2D eigenvalue weighted by Gasteiger charge is -2.31. The molecule has 0 aliphatic rings. The van der Waals surface area contributed by atoms with Gasteiger partial charge >= 0.3 is 11.0 Å². The van der Waals surface area contributed by atoms with Gasteiger partial charge in [0.15, 0.2) is 0 Å². The van der Waals surface area contributed by atoms with Gasteiger partial charge in [-0.2, -0.15) is 0 Å². The second kappa shape index (κ2) is 15.7. The van der Waals surface area contributed by atoms with E-state index in [1.165, 1.54) is 35.4 Å². The molecule has 0 heterocycles. The van der Waals surface area contributed by atoms with Gasteiger partial charge in [0.1, 0.15) is 11.5 Å². The Hall–Kier alpha value is -4.04. The smallest absolute Gasteiger partial charge is 0.335 e. The molecule has 3 aromatic carbocycles. The maximum Gasteiger partial charge on any atom is 0.335 e. The fraction of sp³-hybridized carbons (Fsp3) is 0.475. The predicted molar refractivity (Wildman–Crippen MR) is 198 cm³/mol. The van der Waals surface area contributed by atoms with Crippen molar-refractivity contribution in [3.05, 3.63) is 83.4 Å².